The average Bonchev–Trinajstić information content (AvgIpc) is 3.23. The molecule has 1 atom stereocenters. The van der Waals surface area contributed by atoms with Gasteiger partial charge in [-0.2, -0.15) is 0 Å². The monoisotopic (exact) mass is 428 g/mol. The van der Waals surface area contributed by atoms with Crippen molar-refractivity contribution >= 4 is 28.8 Å². The Bertz CT molecular complexity index is 993. The molecule has 1 amide bonds. The normalized spacial score (nSPS) is 18.5. The minimum absolute atomic E-state index is 0.124. The Morgan fingerprint density at radius 2 is 1.97 bits per heavy atom. The fourth-order valence-electron chi connectivity index (χ4n) is 3.76. The first-order valence-corrected chi connectivity index (χ1v) is 10.8. The molecule has 0 aliphatic carbocycles. The largest absolute Gasteiger partial charge is 0.507 e. The van der Waals surface area contributed by atoms with Crippen LogP contribution in [0.5, 0.6) is 5.75 Å². The van der Waals surface area contributed by atoms with E-state index < -0.39 is 17.7 Å². The number of aliphatic hydroxyl groups is 1. The van der Waals surface area contributed by atoms with Crippen molar-refractivity contribution in [1.82, 2.24) is 9.80 Å². The number of carbonyl (C=O) groups excluding carboxylic acids is 2. The average molecular weight is 429 g/mol. The molecule has 1 aliphatic heterocycles. The second-order valence-electron chi connectivity index (χ2n) is 7.82. The number of rotatable bonds is 7. The predicted molar refractivity (Wildman–Crippen MR) is 119 cm³/mol. The third-order valence-electron chi connectivity index (χ3n) is 5.30. The standard InChI is InChI=1S/C23H28N2O4S/c1-14-7-8-17(29-5)16(13-14)20(26)18-19(22-15(2)9-12-30-22)25(23(28)21(18)27)11-6-10-24(3)4/h7-9,12-13,19,26H,6,10-11H2,1-5H3/b20-18+. The van der Waals surface area contributed by atoms with E-state index in [0.29, 0.717) is 17.9 Å². The SMILES string of the molecule is COc1ccc(C)cc1/C(O)=C1\C(=O)C(=O)N(CCCN(C)C)C1c1sccc1C. The van der Waals surface area contributed by atoms with E-state index in [9.17, 15) is 14.7 Å². The summed E-state index contributed by atoms with van der Waals surface area (Å²) < 4.78 is 5.40. The van der Waals surface area contributed by atoms with E-state index in [0.717, 1.165) is 29.0 Å². The van der Waals surface area contributed by atoms with Gasteiger partial charge in [-0.05, 0) is 70.1 Å². The van der Waals surface area contributed by atoms with Gasteiger partial charge in [0.05, 0.1) is 24.3 Å². The molecule has 1 fully saturated rings. The van der Waals surface area contributed by atoms with Gasteiger partial charge >= 0.3 is 0 Å². The highest BCUT2D eigenvalue weighted by molar-refractivity contribution is 7.10. The van der Waals surface area contributed by atoms with Crippen molar-refractivity contribution in [2.24, 2.45) is 0 Å². The number of aliphatic hydroxyl groups excluding tert-OH is 1. The summed E-state index contributed by atoms with van der Waals surface area (Å²) in [6.45, 7) is 5.09. The van der Waals surface area contributed by atoms with Crippen molar-refractivity contribution in [3.05, 3.63) is 56.8 Å². The van der Waals surface area contributed by atoms with Crippen molar-refractivity contribution in [3.8, 4) is 5.75 Å². The summed E-state index contributed by atoms with van der Waals surface area (Å²) in [5, 5.41) is 13.2. The van der Waals surface area contributed by atoms with E-state index in [2.05, 4.69) is 0 Å². The topological polar surface area (TPSA) is 70.1 Å². The Morgan fingerprint density at radius 1 is 1.23 bits per heavy atom. The Labute approximate surface area is 181 Å². The Kier molecular flexibility index (Phi) is 6.63. The molecule has 0 bridgehead atoms. The number of thiophene rings is 1. The van der Waals surface area contributed by atoms with E-state index in [1.807, 2.05) is 50.4 Å². The van der Waals surface area contributed by atoms with Crippen LogP contribution < -0.4 is 4.74 Å². The molecule has 0 radical (unpaired) electrons. The number of ketones is 1. The second kappa shape index (κ2) is 9.02. The molecule has 1 aliphatic rings. The third kappa shape index (κ3) is 4.13. The van der Waals surface area contributed by atoms with Gasteiger partial charge in [-0.15, -0.1) is 11.3 Å². The van der Waals surface area contributed by atoms with Gasteiger partial charge in [-0.3, -0.25) is 9.59 Å². The maximum absolute atomic E-state index is 13.1. The van der Waals surface area contributed by atoms with Crippen LogP contribution in [0.1, 0.15) is 34.0 Å². The Balaban J connectivity index is 2.15. The van der Waals surface area contributed by atoms with Crippen LogP contribution in [0.4, 0.5) is 0 Å². The summed E-state index contributed by atoms with van der Waals surface area (Å²) in [6, 6.07) is 6.76. The number of likely N-dealkylation sites (tertiary alicyclic amines) is 1. The van der Waals surface area contributed by atoms with Crippen LogP contribution >= 0.6 is 11.3 Å². The van der Waals surface area contributed by atoms with Crippen LogP contribution in [0.15, 0.2) is 35.2 Å². The van der Waals surface area contributed by atoms with Crippen LogP contribution in [-0.2, 0) is 9.59 Å². The summed E-state index contributed by atoms with van der Waals surface area (Å²) in [6.07, 6.45) is 0.731. The summed E-state index contributed by atoms with van der Waals surface area (Å²) in [7, 11) is 5.46. The van der Waals surface area contributed by atoms with Crippen LogP contribution in [0, 0.1) is 13.8 Å². The zero-order chi connectivity index (χ0) is 22.0. The second-order valence-corrected chi connectivity index (χ2v) is 8.77. The van der Waals surface area contributed by atoms with E-state index in [4.69, 9.17) is 4.74 Å². The molecular formula is C23H28N2O4S. The molecule has 1 unspecified atom stereocenters. The van der Waals surface area contributed by atoms with Gasteiger partial charge in [0.2, 0.25) is 0 Å². The number of nitrogens with zero attached hydrogens (tertiary/aromatic N) is 2. The summed E-state index contributed by atoms with van der Waals surface area (Å²) in [5.41, 5.74) is 2.45. The Morgan fingerprint density at radius 3 is 2.57 bits per heavy atom. The molecule has 1 aromatic carbocycles. The van der Waals surface area contributed by atoms with Gasteiger partial charge in [0.25, 0.3) is 11.7 Å². The molecule has 2 heterocycles. The van der Waals surface area contributed by atoms with Crippen LogP contribution in [0.2, 0.25) is 0 Å². The smallest absolute Gasteiger partial charge is 0.295 e. The molecule has 3 rings (SSSR count). The lowest BCUT2D eigenvalue weighted by molar-refractivity contribution is -0.139. The number of methoxy groups -OCH3 is 1. The lowest BCUT2D eigenvalue weighted by Crippen LogP contribution is -2.32. The van der Waals surface area contributed by atoms with E-state index in [1.54, 1.807) is 17.0 Å². The quantitative estimate of drug-likeness (QED) is 0.413. The maximum Gasteiger partial charge on any atom is 0.295 e. The minimum atomic E-state index is -0.654. The van der Waals surface area contributed by atoms with Crippen molar-refractivity contribution in [2.75, 3.05) is 34.3 Å². The fraction of sp³-hybridized carbons (Fsp3) is 0.391. The number of aryl methyl sites for hydroxylation is 2. The molecule has 0 saturated carbocycles. The van der Waals surface area contributed by atoms with Gasteiger partial charge in [0.1, 0.15) is 11.5 Å². The van der Waals surface area contributed by atoms with E-state index in [-0.39, 0.29) is 11.3 Å². The molecule has 0 spiro atoms. The van der Waals surface area contributed by atoms with Crippen molar-refractivity contribution in [1.29, 1.82) is 0 Å². The number of hydrogen-bond donors (Lipinski definition) is 1. The number of carbonyl (C=O) groups is 2. The first-order chi connectivity index (χ1) is 14.3. The van der Waals surface area contributed by atoms with Crippen LogP contribution in [0.3, 0.4) is 0 Å². The lowest BCUT2D eigenvalue weighted by Gasteiger charge is -2.25. The highest BCUT2D eigenvalue weighted by Crippen LogP contribution is 2.43. The zero-order valence-corrected chi connectivity index (χ0v) is 18.9. The molecule has 160 valence electrons. The summed E-state index contributed by atoms with van der Waals surface area (Å²) in [4.78, 5) is 30.6. The third-order valence-corrected chi connectivity index (χ3v) is 6.38. The minimum Gasteiger partial charge on any atom is -0.507 e. The van der Waals surface area contributed by atoms with Crippen molar-refractivity contribution in [2.45, 2.75) is 26.3 Å². The zero-order valence-electron chi connectivity index (χ0n) is 18.1. The number of amides is 1. The van der Waals surface area contributed by atoms with Crippen LogP contribution in [-0.4, -0.2) is 60.9 Å². The fourth-order valence-corrected chi connectivity index (χ4v) is 4.80. The first-order valence-electron chi connectivity index (χ1n) is 9.88. The van der Waals surface area contributed by atoms with Crippen molar-refractivity contribution < 1.29 is 19.4 Å². The van der Waals surface area contributed by atoms with Gasteiger partial charge in [-0.25, -0.2) is 0 Å². The van der Waals surface area contributed by atoms with Gasteiger partial charge in [0, 0.05) is 11.4 Å². The maximum atomic E-state index is 13.1. The van der Waals surface area contributed by atoms with Gasteiger partial charge in [0.15, 0.2) is 0 Å². The van der Waals surface area contributed by atoms with E-state index in [1.165, 1.54) is 18.4 Å². The molecular weight excluding hydrogens is 400 g/mol. The highest BCUT2D eigenvalue weighted by Gasteiger charge is 2.47. The number of Topliss-reactive ketones (excluding diaryl/α,β-unsaturated/α-hetero) is 1. The van der Waals surface area contributed by atoms with Gasteiger partial charge < -0.3 is 19.6 Å². The number of hydrogen-bond acceptors (Lipinski definition) is 6. The lowest BCUT2D eigenvalue weighted by atomic mass is 9.97. The summed E-state index contributed by atoms with van der Waals surface area (Å²) in [5.74, 6) is -0.959. The first kappa shape index (κ1) is 22.1. The molecule has 6 nitrogen and oxygen atoms in total. The molecule has 2 aromatic rings. The molecule has 1 aromatic heterocycles. The van der Waals surface area contributed by atoms with Crippen molar-refractivity contribution in [3.63, 3.8) is 0 Å². The predicted octanol–water partition coefficient (Wildman–Crippen LogP) is 3.75. The highest BCUT2D eigenvalue weighted by atomic mass is 32.1. The molecule has 30 heavy (non-hydrogen) atoms. The van der Waals surface area contributed by atoms with Crippen LogP contribution in [0.25, 0.3) is 5.76 Å². The van der Waals surface area contributed by atoms with E-state index >= 15 is 0 Å². The van der Waals surface area contributed by atoms with Gasteiger partial charge in [-0.1, -0.05) is 11.6 Å². The number of benzene rings is 1. The summed E-state index contributed by atoms with van der Waals surface area (Å²) >= 11 is 1.49. The molecule has 7 heteroatoms. The number of ether oxygens (including phenoxy) is 1. The molecule has 1 saturated heterocycles. The molecule has 1 N–H and O–H groups in total. The Hall–Kier alpha value is -2.64.